The van der Waals surface area contributed by atoms with E-state index in [2.05, 4.69) is 0 Å². The molecule has 0 spiro atoms. The van der Waals surface area contributed by atoms with Gasteiger partial charge in [-0.15, -0.1) is 0 Å². The van der Waals surface area contributed by atoms with Crippen LogP contribution in [0.2, 0.25) is 5.02 Å². The van der Waals surface area contributed by atoms with Crippen LogP contribution in [0, 0.1) is 6.92 Å². The Hall–Kier alpha value is -4.56. The van der Waals surface area contributed by atoms with Crippen LogP contribution in [0.5, 0.6) is 0 Å². The van der Waals surface area contributed by atoms with Crippen LogP contribution in [-0.2, 0) is 23.9 Å². The van der Waals surface area contributed by atoms with Crippen molar-refractivity contribution in [1.82, 2.24) is 4.57 Å². The van der Waals surface area contributed by atoms with Gasteiger partial charge < -0.3 is 10.0 Å². The van der Waals surface area contributed by atoms with Crippen molar-refractivity contribution in [2.45, 2.75) is 32.1 Å². The lowest BCUT2D eigenvalue weighted by molar-refractivity contribution is -0.140. The molecule has 1 N–H and O–H groups in total. The zero-order valence-electron chi connectivity index (χ0n) is 23.0. The SMILES string of the molecule is Cc1cccc(CN2CC(C(=O)O)n3c2c(-c2cccc(C(F)(F)F)c2)c(Cc2cccc4ccccc24)c(Cl)c3=O)c1. The normalized spacial score (nSPS) is 14.7. The first-order chi connectivity index (χ1) is 20.5. The fraction of sp³-hybridized carbons (Fsp3) is 0.176. The van der Waals surface area contributed by atoms with Gasteiger partial charge in [-0.25, -0.2) is 4.79 Å². The van der Waals surface area contributed by atoms with E-state index in [4.69, 9.17) is 11.6 Å². The number of nitrogens with zero attached hydrogens (tertiary/aromatic N) is 2. The van der Waals surface area contributed by atoms with Crippen molar-refractivity contribution >= 4 is 34.2 Å². The number of carbonyl (C=O) groups is 1. The van der Waals surface area contributed by atoms with Gasteiger partial charge in [0.15, 0.2) is 6.04 Å². The molecule has 218 valence electrons. The summed E-state index contributed by atoms with van der Waals surface area (Å²) in [6.07, 6.45) is -4.47. The molecule has 1 aliphatic rings. The van der Waals surface area contributed by atoms with Gasteiger partial charge in [-0.1, -0.05) is 96.0 Å². The van der Waals surface area contributed by atoms with Crippen molar-refractivity contribution in [3.63, 3.8) is 0 Å². The number of benzene rings is 4. The monoisotopic (exact) mass is 602 g/mol. The molecule has 5 aromatic rings. The van der Waals surface area contributed by atoms with Crippen LogP contribution < -0.4 is 10.5 Å². The van der Waals surface area contributed by atoms with E-state index in [1.807, 2.05) is 73.7 Å². The highest BCUT2D eigenvalue weighted by Crippen LogP contribution is 2.44. The van der Waals surface area contributed by atoms with Gasteiger partial charge in [-0.3, -0.25) is 9.36 Å². The first-order valence-electron chi connectivity index (χ1n) is 13.7. The Morgan fingerprint density at radius 1 is 0.977 bits per heavy atom. The van der Waals surface area contributed by atoms with Crippen molar-refractivity contribution in [1.29, 1.82) is 0 Å². The van der Waals surface area contributed by atoms with E-state index in [1.165, 1.54) is 12.1 Å². The average molecular weight is 603 g/mol. The van der Waals surface area contributed by atoms with Crippen molar-refractivity contribution in [3.8, 4) is 11.1 Å². The van der Waals surface area contributed by atoms with E-state index in [-0.39, 0.29) is 35.9 Å². The summed E-state index contributed by atoms with van der Waals surface area (Å²) in [5.74, 6) is -0.999. The summed E-state index contributed by atoms with van der Waals surface area (Å²) in [6, 6.07) is 24.6. The number of aryl methyl sites for hydroxylation is 1. The lowest BCUT2D eigenvalue weighted by atomic mass is 9.92. The number of hydrogen-bond acceptors (Lipinski definition) is 3. The van der Waals surface area contributed by atoms with Crippen molar-refractivity contribution in [2.24, 2.45) is 0 Å². The Bertz CT molecular complexity index is 1950. The highest BCUT2D eigenvalue weighted by molar-refractivity contribution is 6.32. The molecule has 0 fully saturated rings. The lowest BCUT2D eigenvalue weighted by Crippen LogP contribution is -2.29. The molecule has 43 heavy (non-hydrogen) atoms. The summed E-state index contributed by atoms with van der Waals surface area (Å²) in [5, 5.41) is 11.8. The van der Waals surface area contributed by atoms with Crippen LogP contribution in [0.4, 0.5) is 19.0 Å². The van der Waals surface area contributed by atoms with E-state index in [9.17, 15) is 27.9 Å². The molecule has 1 aromatic heterocycles. The molecular weight excluding hydrogens is 577 g/mol. The molecule has 5 nitrogen and oxygen atoms in total. The van der Waals surface area contributed by atoms with E-state index in [0.717, 1.165) is 44.2 Å². The van der Waals surface area contributed by atoms with E-state index in [0.29, 0.717) is 11.1 Å². The quantitative estimate of drug-likeness (QED) is 0.215. The maximum Gasteiger partial charge on any atom is 0.416 e. The van der Waals surface area contributed by atoms with E-state index in [1.54, 1.807) is 4.90 Å². The Labute approximate surface area is 250 Å². The van der Waals surface area contributed by atoms with Crippen LogP contribution >= 0.6 is 11.6 Å². The molecule has 0 bridgehead atoms. The first kappa shape index (κ1) is 28.6. The number of hydrogen-bond donors (Lipinski definition) is 1. The number of anilines is 1. The van der Waals surface area contributed by atoms with Crippen molar-refractivity contribution in [2.75, 3.05) is 11.4 Å². The molecule has 0 amide bonds. The van der Waals surface area contributed by atoms with Gasteiger partial charge in [0.05, 0.1) is 12.1 Å². The average Bonchev–Trinajstić information content (AvgIpc) is 3.35. The highest BCUT2D eigenvalue weighted by Gasteiger charge is 2.39. The highest BCUT2D eigenvalue weighted by atomic mass is 35.5. The Morgan fingerprint density at radius 2 is 1.70 bits per heavy atom. The molecule has 9 heteroatoms. The summed E-state index contributed by atoms with van der Waals surface area (Å²) >= 11 is 6.79. The molecule has 0 aliphatic carbocycles. The molecule has 4 aromatic carbocycles. The van der Waals surface area contributed by atoms with Crippen LogP contribution in [0.25, 0.3) is 21.9 Å². The number of rotatable bonds is 6. The largest absolute Gasteiger partial charge is 0.480 e. The number of aromatic nitrogens is 1. The summed E-state index contributed by atoms with van der Waals surface area (Å²) in [5.41, 5.74) is 1.97. The maximum absolute atomic E-state index is 13.9. The Morgan fingerprint density at radius 3 is 2.44 bits per heavy atom. The Balaban J connectivity index is 1.66. The third-order valence-electron chi connectivity index (χ3n) is 7.90. The van der Waals surface area contributed by atoms with Gasteiger partial charge in [-0.05, 0) is 52.1 Å². The lowest BCUT2D eigenvalue weighted by Gasteiger charge is -2.25. The predicted octanol–water partition coefficient (Wildman–Crippen LogP) is 7.89. The topological polar surface area (TPSA) is 62.5 Å². The molecule has 2 heterocycles. The molecule has 0 saturated carbocycles. The second kappa shape index (κ2) is 10.9. The fourth-order valence-corrected chi connectivity index (χ4v) is 6.24. The summed E-state index contributed by atoms with van der Waals surface area (Å²) in [4.78, 5) is 28.1. The third kappa shape index (κ3) is 5.27. The predicted molar refractivity (Wildman–Crippen MR) is 162 cm³/mol. The number of aliphatic carboxylic acids is 1. The standard InChI is InChI=1S/C34H26ClF3N2O3/c1-20-7-4-8-21(15-20)18-39-19-28(33(42)43)40-31(39)29(24-12-6-13-25(16-24)34(36,37)38)27(30(35)32(40)41)17-23-11-5-10-22-9-2-3-14-26(22)23/h2-16,28H,17-19H2,1H3,(H,42,43). The van der Waals surface area contributed by atoms with Crippen LogP contribution in [0.15, 0.2) is 95.8 Å². The van der Waals surface area contributed by atoms with Gasteiger partial charge in [0.25, 0.3) is 5.56 Å². The first-order valence-corrected chi connectivity index (χ1v) is 14.0. The van der Waals surface area contributed by atoms with Gasteiger partial charge in [-0.2, -0.15) is 13.2 Å². The molecule has 6 rings (SSSR count). The van der Waals surface area contributed by atoms with Gasteiger partial charge >= 0.3 is 12.1 Å². The zero-order valence-corrected chi connectivity index (χ0v) is 23.8. The smallest absolute Gasteiger partial charge is 0.416 e. The number of carboxylic acids is 1. The number of carboxylic acid groups (broad SMARTS) is 1. The van der Waals surface area contributed by atoms with E-state index >= 15 is 0 Å². The second-order valence-electron chi connectivity index (χ2n) is 10.8. The summed E-state index contributed by atoms with van der Waals surface area (Å²) in [6.45, 7) is 2.12. The third-order valence-corrected chi connectivity index (χ3v) is 8.29. The number of alkyl halides is 3. The second-order valence-corrected chi connectivity index (χ2v) is 11.2. The number of halogens is 4. The molecule has 1 unspecified atom stereocenters. The minimum absolute atomic E-state index is 0.0570. The van der Waals surface area contributed by atoms with Gasteiger partial charge in [0.2, 0.25) is 0 Å². The summed E-state index contributed by atoms with van der Waals surface area (Å²) in [7, 11) is 0. The molecule has 0 saturated heterocycles. The minimum atomic E-state index is -4.62. The minimum Gasteiger partial charge on any atom is -0.480 e. The van der Waals surface area contributed by atoms with Crippen molar-refractivity contribution < 1.29 is 23.1 Å². The molecule has 0 radical (unpaired) electrons. The zero-order chi connectivity index (χ0) is 30.5. The van der Waals surface area contributed by atoms with Crippen LogP contribution in [0.1, 0.15) is 33.9 Å². The van der Waals surface area contributed by atoms with E-state index < -0.39 is 29.3 Å². The Kier molecular flexibility index (Phi) is 7.26. The number of fused-ring (bicyclic) bond motifs is 2. The molecule has 1 atom stereocenters. The van der Waals surface area contributed by atoms with Gasteiger partial charge in [0, 0.05) is 18.5 Å². The number of pyridine rings is 1. The van der Waals surface area contributed by atoms with Gasteiger partial charge in [0.1, 0.15) is 10.8 Å². The molecule has 1 aliphatic heterocycles. The fourth-order valence-electron chi connectivity index (χ4n) is 5.99. The maximum atomic E-state index is 13.9. The summed E-state index contributed by atoms with van der Waals surface area (Å²) < 4.78 is 42.9. The van der Waals surface area contributed by atoms with Crippen LogP contribution in [-0.4, -0.2) is 22.2 Å². The van der Waals surface area contributed by atoms with Crippen molar-refractivity contribution in [3.05, 3.63) is 134 Å². The molecular formula is C34H26ClF3N2O3. The van der Waals surface area contributed by atoms with Crippen LogP contribution in [0.3, 0.4) is 0 Å².